The Labute approximate surface area is 161 Å². The monoisotopic (exact) mass is 396 g/mol. The number of pyridine rings is 1. The molecular formula is C20H16N2O3S2. The second kappa shape index (κ2) is 7.09. The van der Waals surface area contributed by atoms with E-state index in [1.54, 1.807) is 24.4 Å². The third-order valence-electron chi connectivity index (χ3n) is 3.86. The molecule has 0 bridgehead atoms. The number of fused-ring (bicyclic) bond motifs is 1. The number of sulfonamides is 1. The molecule has 2 aromatic carbocycles. The van der Waals surface area contributed by atoms with Gasteiger partial charge in [-0.1, -0.05) is 48.2 Å². The van der Waals surface area contributed by atoms with Gasteiger partial charge in [-0.05, 0) is 36.8 Å². The number of anilines is 1. The fourth-order valence-corrected chi connectivity index (χ4v) is 4.53. The van der Waals surface area contributed by atoms with E-state index in [2.05, 4.69) is 9.71 Å². The summed E-state index contributed by atoms with van der Waals surface area (Å²) in [7, 11) is -3.88. The van der Waals surface area contributed by atoms with Crippen LogP contribution in [0.4, 0.5) is 5.69 Å². The summed E-state index contributed by atoms with van der Waals surface area (Å²) in [5, 5.41) is 1.19. The average Bonchev–Trinajstić information content (AvgIpc) is 3.10. The molecule has 4 aromatic rings. The van der Waals surface area contributed by atoms with Gasteiger partial charge >= 0.3 is 0 Å². The summed E-state index contributed by atoms with van der Waals surface area (Å²) in [5.41, 5.74) is 1.80. The van der Waals surface area contributed by atoms with Crippen LogP contribution in [0.25, 0.3) is 11.0 Å². The maximum Gasteiger partial charge on any atom is 0.295 e. The SMILES string of the molecule is Cc1cnc(Sc2ccccc2)c(NS(=O)(=O)c2cc3ccccc3o2)c1. The van der Waals surface area contributed by atoms with Crippen molar-refractivity contribution in [3.63, 3.8) is 0 Å². The molecule has 27 heavy (non-hydrogen) atoms. The molecule has 0 atom stereocenters. The molecule has 4 rings (SSSR count). The summed E-state index contributed by atoms with van der Waals surface area (Å²) in [4.78, 5) is 5.37. The number of para-hydroxylation sites is 1. The molecule has 5 nitrogen and oxygen atoms in total. The molecule has 0 aliphatic carbocycles. The van der Waals surface area contributed by atoms with Gasteiger partial charge in [0.2, 0.25) is 5.09 Å². The quantitative estimate of drug-likeness (QED) is 0.509. The van der Waals surface area contributed by atoms with Gasteiger partial charge in [-0.25, -0.2) is 4.98 Å². The molecular weight excluding hydrogens is 380 g/mol. The van der Waals surface area contributed by atoms with E-state index in [-0.39, 0.29) is 5.09 Å². The Bertz CT molecular complexity index is 1170. The lowest BCUT2D eigenvalue weighted by molar-refractivity contribution is 0.484. The molecule has 0 unspecified atom stereocenters. The lowest BCUT2D eigenvalue weighted by Gasteiger charge is -2.11. The van der Waals surface area contributed by atoms with Gasteiger partial charge < -0.3 is 4.42 Å². The fourth-order valence-electron chi connectivity index (χ4n) is 2.60. The molecule has 7 heteroatoms. The first-order valence-electron chi connectivity index (χ1n) is 8.22. The number of aromatic nitrogens is 1. The fraction of sp³-hybridized carbons (Fsp3) is 0.0500. The van der Waals surface area contributed by atoms with Crippen molar-refractivity contribution in [1.82, 2.24) is 4.98 Å². The van der Waals surface area contributed by atoms with Gasteiger partial charge in [0, 0.05) is 22.5 Å². The molecule has 0 amide bonds. The van der Waals surface area contributed by atoms with Gasteiger partial charge in [-0.15, -0.1) is 0 Å². The number of rotatable bonds is 5. The van der Waals surface area contributed by atoms with Crippen molar-refractivity contribution >= 4 is 38.4 Å². The summed E-state index contributed by atoms with van der Waals surface area (Å²) in [6.45, 7) is 1.86. The highest BCUT2D eigenvalue weighted by Crippen LogP contribution is 2.33. The van der Waals surface area contributed by atoms with Crippen molar-refractivity contribution < 1.29 is 12.8 Å². The molecule has 1 N–H and O–H groups in total. The van der Waals surface area contributed by atoms with Crippen molar-refractivity contribution in [2.75, 3.05) is 4.72 Å². The number of hydrogen-bond acceptors (Lipinski definition) is 5. The molecule has 2 heterocycles. The number of nitrogens with zero attached hydrogens (tertiary/aromatic N) is 1. The Morgan fingerprint density at radius 2 is 1.74 bits per heavy atom. The highest BCUT2D eigenvalue weighted by Gasteiger charge is 2.21. The minimum absolute atomic E-state index is 0.124. The highest BCUT2D eigenvalue weighted by molar-refractivity contribution is 7.99. The van der Waals surface area contributed by atoms with Crippen LogP contribution in [0.3, 0.4) is 0 Å². The maximum atomic E-state index is 12.8. The van der Waals surface area contributed by atoms with Gasteiger partial charge in [0.25, 0.3) is 10.0 Å². The van der Waals surface area contributed by atoms with E-state index in [4.69, 9.17) is 4.42 Å². The van der Waals surface area contributed by atoms with E-state index in [1.165, 1.54) is 17.8 Å². The second-order valence-corrected chi connectivity index (χ2v) is 8.66. The van der Waals surface area contributed by atoms with Crippen LogP contribution in [0.2, 0.25) is 0 Å². The Balaban J connectivity index is 1.69. The second-order valence-electron chi connectivity index (χ2n) is 5.99. The van der Waals surface area contributed by atoms with Crippen LogP contribution in [-0.2, 0) is 10.0 Å². The molecule has 0 spiro atoms. The van der Waals surface area contributed by atoms with E-state index in [1.807, 2.05) is 49.4 Å². The Morgan fingerprint density at radius 1 is 1.00 bits per heavy atom. The number of hydrogen-bond donors (Lipinski definition) is 1. The predicted octanol–water partition coefficient (Wildman–Crippen LogP) is 5.09. The zero-order valence-corrected chi connectivity index (χ0v) is 16.0. The third-order valence-corrected chi connectivity index (χ3v) is 6.10. The normalized spacial score (nSPS) is 11.6. The molecule has 0 aliphatic rings. The van der Waals surface area contributed by atoms with E-state index < -0.39 is 10.0 Å². The van der Waals surface area contributed by atoms with Crippen molar-refractivity contribution in [3.8, 4) is 0 Å². The van der Waals surface area contributed by atoms with Gasteiger partial charge in [-0.3, -0.25) is 4.72 Å². The molecule has 0 radical (unpaired) electrons. The van der Waals surface area contributed by atoms with Gasteiger partial charge in [0.05, 0.1) is 5.69 Å². The molecule has 0 aliphatic heterocycles. The van der Waals surface area contributed by atoms with Crippen LogP contribution in [0.15, 0.2) is 92.4 Å². The zero-order valence-electron chi connectivity index (χ0n) is 14.4. The number of furan rings is 1. The Kier molecular flexibility index (Phi) is 4.63. The first kappa shape index (κ1) is 17.6. The molecule has 2 aromatic heterocycles. The lowest BCUT2D eigenvalue weighted by Crippen LogP contribution is -2.13. The van der Waals surface area contributed by atoms with Crippen LogP contribution in [0.5, 0.6) is 0 Å². The zero-order chi connectivity index (χ0) is 18.9. The van der Waals surface area contributed by atoms with E-state index in [0.717, 1.165) is 15.8 Å². The first-order valence-corrected chi connectivity index (χ1v) is 10.5. The molecule has 0 saturated heterocycles. The van der Waals surface area contributed by atoms with E-state index in [9.17, 15) is 8.42 Å². The minimum atomic E-state index is -3.88. The standard InChI is InChI=1S/C20H16N2O3S2/c1-14-11-17(20(21-13-14)26-16-8-3-2-4-9-16)22-27(23,24)19-12-15-7-5-6-10-18(15)25-19/h2-13,22H,1H3. The van der Waals surface area contributed by atoms with Crippen LogP contribution in [0.1, 0.15) is 5.56 Å². The molecule has 0 fully saturated rings. The third kappa shape index (κ3) is 3.84. The van der Waals surface area contributed by atoms with Crippen LogP contribution in [-0.4, -0.2) is 13.4 Å². The highest BCUT2D eigenvalue weighted by atomic mass is 32.2. The largest absolute Gasteiger partial charge is 0.443 e. The van der Waals surface area contributed by atoms with E-state index >= 15 is 0 Å². The number of nitrogens with one attached hydrogen (secondary N) is 1. The van der Waals surface area contributed by atoms with E-state index in [0.29, 0.717) is 16.3 Å². The molecule has 136 valence electrons. The average molecular weight is 396 g/mol. The van der Waals surface area contributed by atoms with Crippen molar-refractivity contribution in [2.45, 2.75) is 21.9 Å². The summed E-state index contributed by atoms with van der Waals surface area (Å²) in [5.74, 6) is 0. The van der Waals surface area contributed by atoms with Crippen LogP contribution >= 0.6 is 11.8 Å². The Morgan fingerprint density at radius 3 is 2.52 bits per heavy atom. The van der Waals surface area contributed by atoms with Gasteiger partial charge in [-0.2, -0.15) is 8.42 Å². The first-order chi connectivity index (χ1) is 13.0. The van der Waals surface area contributed by atoms with Gasteiger partial charge in [0.15, 0.2) is 0 Å². The Hall–Kier alpha value is -2.77. The van der Waals surface area contributed by atoms with Crippen molar-refractivity contribution in [1.29, 1.82) is 0 Å². The molecule has 0 saturated carbocycles. The predicted molar refractivity (Wildman–Crippen MR) is 107 cm³/mol. The van der Waals surface area contributed by atoms with Crippen molar-refractivity contribution in [3.05, 3.63) is 78.5 Å². The lowest BCUT2D eigenvalue weighted by atomic mass is 10.3. The summed E-state index contributed by atoms with van der Waals surface area (Å²) >= 11 is 1.40. The maximum absolute atomic E-state index is 12.8. The van der Waals surface area contributed by atoms with Crippen LogP contribution in [0, 0.1) is 6.92 Å². The summed E-state index contributed by atoms with van der Waals surface area (Å²) in [6, 6.07) is 20.1. The topological polar surface area (TPSA) is 72.2 Å². The van der Waals surface area contributed by atoms with Gasteiger partial charge in [0.1, 0.15) is 10.6 Å². The van der Waals surface area contributed by atoms with Crippen LogP contribution < -0.4 is 4.72 Å². The smallest absolute Gasteiger partial charge is 0.295 e. The summed E-state index contributed by atoms with van der Waals surface area (Å²) in [6.07, 6.45) is 1.71. The minimum Gasteiger partial charge on any atom is -0.443 e. The number of benzene rings is 2. The summed E-state index contributed by atoms with van der Waals surface area (Å²) < 4.78 is 33.8. The van der Waals surface area contributed by atoms with Crippen molar-refractivity contribution in [2.24, 2.45) is 0 Å². The number of aryl methyl sites for hydroxylation is 1.